The van der Waals surface area contributed by atoms with Crippen molar-refractivity contribution in [3.8, 4) is 0 Å². The number of nitrogens with two attached hydrogens (primary N) is 1. The lowest BCUT2D eigenvalue weighted by Crippen LogP contribution is -2.01. The summed E-state index contributed by atoms with van der Waals surface area (Å²) >= 11 is 7.21. The van der Waals surface area contributed by atoms with Gasteiger partial charge in [0.2, 0.25) is 0 Å². The number of anilines is 1. The van der Waals surface area contributed by atoms with Crippen LogP contribution in [0.5, 0.6) is 0 Å². The Hall–Kier alpha value is -1.13. The highest BCUT2D eigenvalue weighted by atomic mass is 35.5. The lowest BCUT2D eigenvalue weighted by molar-refractivity contribution is -0.132. The molecule has 0 atom stereocenters. The Bertz CT molecular complexity index is 406. The molecule has 3 nitrogen and oxygen atoms in total. The second-order valence-electron chi connectivity index (χ2n) is 2.89. The SMILES string of the molecule is C=C(CSc1cc(N)ccc1Cl)C(=O)O. The number of aliphatic carboxylic acids is 1. The predicted octanol–water partition coefficient (Wildman–Crippen LogP) is 2.66. The number of carbonyl (C=O) groups is 1. The Morgan fingerprint density at radius 3 is 2.87 bits per heavy atom. The molecule has 0 saturated carbocycles. The van der Waals surface area contributed by atoms with Gasteiger partial charge >= 0.3 is 5.97 Å². The molecule has 3 N–H and O–H groups in total. The number of benzene rings is 1. The monoisotopic (exact) mass is 243 g/mol. The largest absolute Gasteiger partial charge is 0.478 e. The fourth-order valence-corrected chi connectivity index (χ4v) is 2.02. The third-order valence-corrected chi connectivity index (χ3v) is 3.24. The van der Waals surface area contributed by atoms with Crippen LogP contribution in [-0.2, 0) is 4.79 Å². The Morgan fingerprint density at radius 2 is 2.27 bits per heavy atom. The van der Waals surface area contributed by atoms with Gasteiger partial charge in [0.05, 0.1) is 5.02 Å². The molecule has 0 spiro atoms. The van der Waals surface area contributed by atoms with Gasteiger partial charge in [-0.15, -0.1) is 11.8 Å². The molecule has 15 heavy (non-hydrogen) atoms. The molecule has 0 aliphatic carbocycles. The van der Waals surface area contributed by atoms with Crippen LogP contribution in [0.1, 0.15) is 0 Å². The van der Waals surface area contributed by atoms with Crippen LogP contribution in [0.2, 0.25) is 5.02 Å². The van der Waals surface area contributed by atoms with Crippen LogP contribution >= 0.6 is 23.4 Å². The van der Waals surface area contributed by atoms with E-state index in [-0.39, 0.29) is 5.57 Å². The molecule has 0 amide bonds. The lowest BCUT2D eigenvalue weighted by Gasteiger charge is -2.04. The predicted molar refractivity (Wildman–Crippen MR) is 63.4 cm³/mol. The molecule has 0 heterocycles. The van der Waals surface area contributed by atoms with Gasteiger partial charge in [-0.1, -0.05) is 18.2 Å². The maximum atomic E-state index is 10.5. The van der Waals surface area contributed by atoms with Gasteiger partial charge in [-0.3, -0.25) is 0 Å². The van der Waals surface area contributed by atoms with Crippen LogP contribution in [0, 0.1) is 0 Å². The molecule has 1 aromatic carbocycles. The normalized spacial score (nSPS) is 9.93. The number of hydrogen-bond acceptors (Lipinski definition) is 3. The van der Waals surface area contributed by atoms with E-state index in [0.29, 0.717) is 16.5 Å². The van der Waals surface area contributed by atoms with E-state index in [1.807, 2.05) is 0 Å². The standard InChI is InChI=1S/C10H10ClNO2S/c1-6(10(13)14)5-15-9-4-7(12)2-3-8(9)11/h2-4H,1,5,12H2,(H,13,14). The number of carboxylic acid groups (broad SMARTS) is 1. The summed E-state index contributed by atoms with van der Waals surface area (Å²) in [7, 11) is 0. The second kappa shape index (κ2) is 5.09. The molecule has 0 radical (unpaired) electrons. The Labute approximate surface area is 96.9 Å². The molecular formula is C10H10ClNO2S. The molecule has 0 aliphatic heterocycles. The highest BCUT2D eigenvalue weighted by Crippen LogP contribution is 2.29. The minimum Gasteiger partial charge on any atom is -0.478 e. The van der Waals surface area contributed by atoms with Crippen molar-refractivity contribution in [2.75, 3.05) is 11.5 Å². The maximum Gasteiger partial charge on any atom is 0.331 e. The van der Waals surface area contributed by atoms with Crippen LogP contribution in [0.25, 0.3) is 0 Å². The van der Waals surface area contributed by atoms with E-state index in [9.17, 15) is 4.79 Å². The summed E-state index contributed by atoms with van der Waals surface area (Å²) < 4.78 is 0. The van der Waals surface area contributed by atoms with Crippen molar-refractivity contribution in [3.63, 3.8) is 0 Å². The summed E-state index contributed by atoms with van der Waals surface area (Å²) in [5, 5.41) is 9.18. The Morgan fingerprint density at radius 1 is 1.60 bits per heavy atom. The highest BCUT2D eigenvalue weighted by Gasteiger charge is 2.07. The Balaban J connectivity index is 2.69. The van der Waals surface area contributed by atoms with Crippen LogP contribution in [-0.4, -0.2) is 16.8 Å². The highest BCUT2D eigenvalue weighted by molar-refractivity contribution is 7.99. The van der Waals surface area contributed by atoms with E-state index in [2.05, 4.69) is 6.58 Å². The molecule has 1 aromatic rings. The van der Waals surface area contributed by atoms with E-state index < -0.39 is 5.97 Å². The summed E-state index contributed by atoms with van der Waals surface area (Å²) in [5.74, 6) is -0.707. The maximum absolute atomic E-state index is 10.5. The summed E-state index contributed by atoms with van der Waals surface area (Å²) in [5.41, 5.74) is 6.32. The van der Waals surface area contributed by atoms with E-state index in [1.165, 1.54) is 11.8 Å². The summed E-state index contributed by atoms with van der Waals surface area (Å²) in [4.78, 5) is 11.3. The number of thioether (sulfide) groups is 1. The zero-order valence-electron chi connectivity index (χ0n) is 7.87. The zero-order chi connectivity index (χ0) is 11.4. The van der Waals surface area contributed by atoms with Gasteiger partial charge in [-0.05, 0) is 18.2 Å². The van der Waals surface area contributed by atoms with Gasteiger partial charge in [-0.25, -0.2) is 4.79 Å². The lowest BCUT2D eigenvalue weighted by atomic mass is 10.3. The first-order chi connectivity index (χ1) is 7.00. The quantitative estimate of drug-likeness (QED) is 0.485. The molecule has 0 bridgehead atoms. The van der Waals surface area contributed by atoms with Crippen molar-refractivity contribution in [1.29, 1.82) is 0 Å². The number of carboxylic acids is 1. The molecule has 0 aliphatic rings. The van der Waals surface area contributed by atoms with Crippen LogP contribution in [0.3, 0.4) is 0 Å². The van der Waals surface area contributed by atoms with E-state index >= 15 is 0 Å². The molecular weight excluding hydrogens is 234 g/mol. The van der Waals surface area contributed by atoms with Gasteiger partial charge in [-0.2, -0.15) is 0 Å². The topological polar surface area (TPSA) is 63.3 Å². The molecule has 0 unspecified atom stereocenters. The first-order valence-electron chi connectivity index (χ1n) is 4.09. The molecule has 0 aromatic heterocycles. The second-order valence-corrected chi connectivity index (χ2v) is 4.31. The van der Waals surface area contributed by atoms with Crippen LogP contribution in [0.4, 0.5) is 5.69 Å². The fourth-order valence-electron chi connectivity index (χ4n) is 0.857. The molecule has 0 saturated heterocycles. The van der Waals surface area contributed by atoms with E-state index in [1.54, 1.807) is 18.2 Å². The third-order valence-electron chi connectivity index (χ3n) is 1.66. The van der Waals surface area contributed by atoms with Gasteiger partial charge in [0.1, 0.15) is 0 Å². The average molecular weight is 244 g/mol. The molecule has 1 rings (SSSR count). The van der Waals surface area contributed by atoms with E-state index in [4.69, 9.17) is 22.4 Å². The number of nitrogen functional groups attached to an aromatic ring is 1. The fraction of sp³-hybridized carbons (Fsp3) is 0.100. The first-order valence-corrected chi connectivity index (χ1v) is 5.46. The molecule has 0 fully saturated rings. The third kappa shape index (κ3) is 3.49. The van der Waals surface area contributed by atoms with Crippen molar-refractivity contribution >= 4 is 35.0 Å². The van der Waals surface area contributed by atoms with E-state index in [0.717, 1.165) is 4.90 Å². The Kier molecular flexibility index (Phi) is 4.05. The minimum absolute atomic E-state index is 0.137. The summed E-state index contributed by atoms with van der Waals surface area (Å²) in [6, 6.07) is 5.09. The van der Waals surface area contributed by atoms with Crippen molar-refractivity contribution in [3.05, 3.63) is 35.4 Å². The van der Waals surface area contributed by atoms with Gasteiger partial charge in [0, 0.05) is 21.9 Å². The van der Waals surface area contributed by atoms with Gasteiger partial charge < -0.3 is 10.8 Å². The van der Waals surface area contributed by atoms with Crippen molar-refractivity contribution in [2.45, 2.75) is 4.90 Å². The zero-order valence-corrected chi connectivity index (χ0v) is 9.44. The van der Waals surface area contributed by atoms with Crippen LogP contribution < -0.4 is 5.73 Å². The van der Waals surface area contributed by atoms with Crippen LogP contribution in [0.15, 0.2) is 35.2 Å². The van der Waals surface area contributed by atoms with Gasteiger partial charge in [0.25, 0.3) is 0 Å². The molecule has 5 heteroatoms. The molecule has 80 valence electrons. The number of hydrogen-bond donors (Lipinski definition) is 2. The van der Waals surface area contributed by atoms with Crippen molar-refractivity contribution < 1.29 is 9.90 Å². The van der Waals surface area contributed by atoms with Crippen molar-refractivity contribution in [1.82, 2.24) is 0 Å². The summed E-state index contributed by atoms with van der Waals surface area (Å²) in [6.07, 6.45) is 0. The minimum atomic E-state index is -0.998. The van der Waals surface area contributed by atoms with Gasteiger partial charge in [0.15, 0.2) is 0 Å². The first kappa shape index (κ1) is 11.9. The average Bonchev–Trinajstić information content (AvgIpc) is 2.18. The number of halogens is 1. The summed E-state index contributed by atoms with van der Waals surface area (Å²) in [6.45, 7) is 3.43. The van der Waals surface area contributed by atoms with Crippen molar-refractivity contribution in [2.24, 2.45) is 0 Å². The number of rotatable bonds is 4. The smallest absolute Gasteiger partial charge is 0.331 e.